The monoisotopic (exact) mass is 605 g/mol. The van der Waals surface area contributed by atoms with Crippen LogP contribution >= 0.6 is 0 Å². The third-order valence-corrected chi connectivity index (χ3v) is 7.76. The van der Waals surface area contributed by atoms with Crippen LogP contribution in [0.2, 0.25) is 0 Å². The molecule has 1 aromatic heterocycles. The maximum Gasteiger partial charge on any atom is 0.511 e. The van der Waals surface area contributed by atoms with E-state index in [2.05, 4.69) is 20.6 Å². The maximum atomic E-state index is 13.5. The number of hydrogen-bond acceptors (Lipinski definition) is 9. The van der Waals surface area contributed by atoms with E-state index in [9.17, 15) is 14.4 Å². The van der Waals surface area contributed by atoms with Gasteiger partial charge in [0.2, 0.25) is 18.0 Å². The van der Waals surface area contributed by atoms with Crippen molar-refractivity contribution in [1.29, 1.82) is 0 Å². The van der Waals surface area contributed by atoms with Crippen molar-refractivity contribution in [3.05, 3.63) is 54.1 Å². The van der Waals surface area contributed by atoms with Crippen LogP contribution in [-0.2, 0) is 30.3 Å². The zero-order chi connectivity index (χ0) is 31.5. The largest absolute Gasteiger partial charge is 0.511 e. The molecule has 1 N–H and O–H groups in total. The van der Waals surface area contributed by atoms with Gasteiger partial charge in [0.25, 0.3) is 0 Å². The first-order valence-electron chi connectivity index (χ1n) is 15.6. The normalized spacial score (nSPS) is 14.9. The fourth-order valence-corrected chi connectivity index (χ4v) is 5.50. The van der Waals surface area contributed by atoms with Crippen molar-refractivity contribution in [2.45, 2.75) is 104 Å². The van der Waals surface area contributed by atoms with Crippen molar-refractivity contribution < 1.29 is 28.6 Å². The predicted octanol–water partition coefficient (Wildman–Crippen LogP) is 6.45. The van der Waals surface area contributed by atoms with Crippen LogP contribution in [0.3, 0.4) is 0 Å². The van der Waals surface area contributed by atoms with Crippen molar-refractivity contribution in [3.8, 4) is 22.5 Å². The van der Waals surface area contributed by atoms with Crippen LogP contribution in [0.1, 0.15) is 84.6 Å². The van der Waals surface area contributed by atoms with Gasteiger partial charge in [-0.1, -0.05) is 82.1 Å². The second-order valence-corrected chi connectivity index (χ2v) is 11.5. The summed E-state index contributed by atoms with van der Waals surface area (Å²) < 4.78 is 16.2. The Morgan fingerprint density at radius 2 is 1.66 bits per heavy atom. The lowest BCUT2D eigenvalue weighted by Crippen LogP contribution is -2.49. The van der Waals surface area contributed by atoms with Crippen LogP contribution in [0.4, 0.5) is 4.79 Å². The van der Waals surface area contributed by atoms with Crippen LogP contribution in [0.15, 0.2) is 48.5 Å². The Kier molecular flexibility index (Phi) is 11.8. The van der Waals surface area contributed by atoms with Gasteiger partial charge in [0.1, 0.15) is 12.1 Å². The van der Waals surface area contributed by atoms with Gasteiger partial charge < -0.3 is 19.1 Å². The number of ether oxygens (including phenoxy) is 3. The number of carbonyl (C=O) groups excluding carboxylic acids is 3. The van der Waals surface area contributed by atoms with E-state index in [-0.39, 0.29) is 24.5 Å². The van der Waals surface area contributed by atoms with Gasteiger partial charge in [0.05, 0.1) is 0 Å². The minimum atomic E-state index is -1.16. The number of tetrazole rings is 1. The number of amides is 1. The SMILES string of the molecule is CCCCC(=O)N(Cc1ccc(-c2ccccc2-c2nn[nH]n2)cc1)[C@@H](C(=O)OC(C)OC(=O)OC1CCCCC1)C(C)C. The average molecular weight is 606 g/mol. The molecular formula is C33H43N5O6. The van der Waals surface area contributed by atoms with Gasteiger partial charge in [-0.05, 0) is 59.9 Å². The maximum absolute atomic E-state index is 13.5. The highest BCUT2D eigenvalue weighted by atomic mass is 16.8. The Hall–Kier alpha value is -4.28. The van der Waals surface area contributed by atoms with Crippen molar-refractivity contribution in [2.24, 2.45) is 5.92 Å². The van der Waals surface area contributed by atoms with Gasteiger partial charge >= 0.3 is 12.1 Å². The molecule has 0 spiro atoms. The molecule has 11 nitrogen and oxygen atoms in total. The first kappa shape index (κ1) is 32.6. The lowest BCUT2D eigenvalue weighted by molar-refractivity contribution is -0.179. The first-order chi connectivity index (χ1) is 21.3. The van der Waals surface area contributed by atoms with E-state index in [0.29, 0.717) is 18.7 Å². The number of nitrogens with one attached hydrogen (secondary N) is 1. The summed E-state index contributed by atoms with van der Waals surface area (Å²) in [6.45, 7) is 7.44. The number of rotatable bonds is 13. The molecule has 236 valence electrons. The highest BCUT2D eigenvalue weighted by Crippen LogP contribution is 2.30. The number of unbranched alkanes of at least 4 members (excludes halogenated alkanes) is 1. The molecule has 1 fully saturated rings. The number of nitrogens with zero attached hydrogens (tertiary/aromatic N) is 4. The number of aromatic nitrogens is 4. The van der Waals surface area contributed by atoms with Crippen LogP contribution in [-0.4, -0.2) is 62.0 Å². The van der Waals surface area contributed by atoms with Gasteiger partial charge in [-0.3, -0.25) is 4.79 Å². The summed E-state index contributed by atoms with van der Waals surface area (Å²) in [6, 6.07) is 14.7. The summed E-state index contributed by atoms with van der Waals surface area (Å²) in [5.41, 5.74) is 3.58. The molecule has 1 aliphatic rings. The van der Waals surface area contributed by atoms with E-state index in [1.165, 1.54) is 6.92 Å². The van der Waals surface area contributed by atoms with Crippen molar-refractivity contribution in [1.82, 2.24) is 25.5 Å². The Morgan fingerprint density at radius 3 is 2.30 bits per heavy atom. The minimum absolute atomic E-state index is 0.140. The zero-order valence-electron chi connectivity index (χ0n) is 26.0. The van der Waals surface area contributed by atoms with E-state index in [1.54, 1.807) is 4.90 Å². The molecule has 0 saturated heterocycles. The summed E-state index contributed by atoms with van der Waals surface area (Å²) in [5, 5.41) is 14.4. The molecule has 1 amide bonds. The Bertz CT molecular complexity index is 1360. The molecule has 1 unspecified atom stereocenters. The predicted molar refractivity (Wildman–Crippen MR) is 164 cm³/mol. The van der Waals surface area contributed by atoms with Crippen LogP contribution in [0.5, 0.6) is 0 Å². The summed E-state index contributed by atoms with van der Waals surface area (Å²) in [4.78, 5) is 40.9. The number of esters is 1. The molecule has 0 radical (unpaired) electrons. The second-order valence-electron chi connectivity index (χ2n) is 11.5. The molecule has 2 atom stereocenters. The van der Waals surface area contributed by atoms with Gasteiger partial charge in [0.15, 0.2) is 0 Å². The molecule has 1 heterocycles. The minimum Gasteiger partial charge on any atom is -0.431 e. The Labute approximate surface area is 258 Å². The third kappa shape index (κ3) is 8.87. The quantitative estimate of drug-likeness (QED) is 0.172. The lowest BCUT2D eigenvalue weighted by Gasteiger charge is -2.33. The van der Waals surface area contributed by atoms with Crippen molar-refractivity contribution in [2.75, 3.05) is 0 Å². The van der Waals surface area contributed by atoms with Crippen LogP contribution < -0.4 is 0 Å². The highest BCUT2D eigenvalue weighted by Gasteiger charge is 2.35. The van der Waals surface area contributed by atoms with E-state index < -0.39 is 24.5 Å². The number of carbonyl (C=O) groups is 3. The first-order valence-corrected chi connectivity index (χ1v) is 15.6. The topological polar surface area (TPSA) is 137 Å². The van der Waals surface area contributed by atoms with E-state index in [4.69, 9.17) is 14.2 Å². The summed E-state index contributed by atoms with van der Waals surface area (Å²) >= 11 is 0. The molecule has 0 bridgehead atoms. The van der Waals surface area contributed by atoms with E-state index >= 15 is 0 Å². The molecule has 4 rings (SSSR count). The molecule has 0 aliphatic heterocycles. The fourth-order valence-electron chi connectivity index (χ4n) is 5.50. The Morgan fingerprint density at radius 1 is 0.955 bits per heavy atom. The molecule has 11 heteroatoms. The van der Waals surface area contributed by atoms with Gasteiger partial charge in [-0.25, -0.2) is 9.59 Å². The molecule has 1 saturated carbocycles. The molecule has 3 aromatic rings. The van der Waals surface area contributed by atoms with E-state index in [0.717, 1.165) is 60.8 Å². The average Bonchev–Trinajstić information content (AvgIpc) is 3.55. The summed E-state index contributed by atoms with van der Waals surface area (Å²) in [5.74, 6) is -0.528. The smallest absolute Gasteiger partial charge is 0.431 e. The van der Waals surface area contributed by atoms with E-state index in [1.807, 2.05) is 69.3 Å². The van der Waals surface area contributed by atoms with Crippen LogP contribution in [0.25, 0.3) is 22.5 Å². The zero-order valence-corrected chi connectivity index (χ0v) is 26.0. The van der Waals surface area contributed by atoms with Gasteiger partial charge in [-0.2, -0.15) is 5.21 Å². The lowest BCUT2D eigenvalue weighted by atomic mass is 9.97. The standard InChI is InChI=1S/C33H43N5O6/c1-5-6-16-29(39)38(30(22(2)3)32(40)42-23(4)43-33(41)44-26-12-8-7-9-13-26)21-24-17-19-25(20-18-24)27-14-10-11-15-28(27)31-34-36-37-35-31/h10-11,14-15,17-20,22-23,26,30H,5-9,12-13,16,21H2,1-4H3,(H,34,35,36,37)/t23?,30-/m1/s1. The number of benzene rings is 2. The molecule has 44 heavy (non-hydrogen) atoms. The summed E-state index contributed by atoms with van der Waals surface area (Å²) in [7, 11) is 0. The number of aromatic amines is 1. The number of hydrogen-bond donors (Lipinski definition) is 1. The van der Waals surface area contributed by atoms with Gasteiger partial charge in [0, 0.05) is 25.5 Å². The third-order valence-electron chi connectivity index (χ3n) is 7.76. The van der Waals surface area contributed by atoms with Crippen molar-refractivity contribution >= 4 is 18.0 Å². The molecule has 1 aliphatic carbocycles. The number of H-pyrrole nitrogens is 1. The van der Waals surface area contributed by atoms with Crippen LogP contribution in [0, 0.1) is 5.92 Å². The Balaban J connectivity index is 1.48. The van der Waals surface area contributed by atoms with Crippen molar-refractivity contribution in [3.63, 3.8) is 0 Å². The highest BCUT2D eigenvalue weighted by molar-refractivity contribution is 5.85. The molecule has 2 aromatic carbocycles. The van der Waals surface area contributed by atoms with Gasteiger partial charge in [-0.15, -0.1) is 10.2 Å². The molecular weight excluding hydrogens is 562 g/mol. The second kappa shape index (κ2) is 16.0. The fraction of sp³-hybridized carbons (Fsp3) is 0.515. The summed E-state index contributed by atoms with van der Waals surface area (Å²) in [6.07, 6.45) is 4.43.